The first-order chi connectivity index (χ1) is 12.6. The topological polar surface area (TPSA) is 78.1 Å². The number of para-hydroxylation sites is 2. The summed E-state index contributed by atoms with van der Waals surface area (Å²) in [6.45, 7) is 0.694. The van der Waals surface area contributed by atoms with Gasteiger partial charge in [-0.05, 0) is 42.2 Å². The summed E-state index contributed by atoms with van der Waals surface area (Å²) in [7, 11) is 3.42. The van der Waals surface area contributed by atoms with Crippen molar-refractivity contribution in [1.82, 2.24) is 14.9 Å². The smallest absolute Gasteiger partial charge is 0.254 e. The Bertz CT molecular complexity index is 965. The predicted octanol–water partition coefficient (Wildman–Crippen LogP) is 1.99. The molecular weight excluding hydrogens is 327 g/mol. The molecule has 0 saturated heterocycles. The third-order valence-electron chi connectivity index (χ3n) is 4.53. The Hall–Kier alpha value is -3.09. The largest absolute Gasteiger partial charge is 0.379 e. The van der Waals surface area contributed by atoms with Crippen LogP contribution in [0.1, 0.15) is 21.7 Å². The molecule has 0 spiro atoms. The van der Waals surface area contributed by atoms with Crippen LogP contribution in [0.3, 0.4) is 0 Å². The Kier molecular flexibility index (Phi) is 4.20. The summed E-state index contributed by atoms with van der Waals surface area (Å²) in [5.41, 5.74) is 4.38. The van der Waals surface area contributed by atoms with E-state index in [1.54, 1.807) is 25.3 Å². The van der Waals surface area contributed by atoms with Gasteiger partial charge >= 0.3 is 0 Å². The second kappa shape index (κ2) is 6.67. The summed E-state index contributed by atoms with van der Waals surface area (Å²) in [5, 5.41) is 3.10. The minimum atomic E-state index is -0.0798. The van der Waals surface area contributed by atoms with Crippen LogP contribution < -0.4 is 5.32 Å². The second-order valence-corrected chi connectivity index (χ2v) is 6.46. The van der Waals surface area contributed by atoms with Gasteiger partial charge in [0.05, 0.1) is 24.1 Å². The van der Waals surface area contributed by atoms with Gasteiger partial charge in [0, 0.05) is 18.3 Å². The molecule has 1 aromatic heterocycles. The Morgan fingerprint density at radius 3 is 2.96 bits per heavy atom. The van der Waals surface area contributed by atoms with Crippen molar-refractivity contribution in [1.29, 1.82) is 0 Å². The van der Waals surface area contributed by atoms with Gasteiger partial charge in [0.25, 0.3) is 5.91 Å². The predicted molar refractivity (Wildman–Crippen MR) is 101 cm³/mol. The highest BCUT2D eigenvalue weighted by Crippen LogP contribution is 2.21. The highest BCUT2D eigenvalue weighted by Gasteiger charge is 2.18. The Morgan fingerprint density at radius 1 is 1.27 bits per heavy atom. The molecule has 1 aliphatic rings. The Morgan fingerprint density at radius 2 is 2.12 bits per heavy atom. The van der Waals surface area contributed by atoms with E-state index in [1.807, 2.05) is 36.4 Å². The second-order valence-electron chi connectivity index (χ2n) is 6.46. The Balaban J connectivity index is 1.52. The van der Waals surface area contributed by atoms with Gasteiger partial charge in [-0.3, -0.25) is 4.79 Å². The molecule has 0 saturated carbocycles. The molecule has 1 amide bonds. The lowest BCUT2D eigenvalue weighted by atomic mass is 9.68. The summed E-state index contributed by atoms with van der Waals surface area (Å²) in [6.07, 6.45) is 0.537. The van der Waals surface area contributed by atoms with Crippen LogP contribution in [0.25, 0.3) is 11.0 Å². The van der Waals surface area contributed by atoms with Crippen LogP contribution in [0.2, 0.25) is 0 Å². The maximum Gasteiger partial charge on any atom is 0.254 e. The van der Waals surface area contributed by atoms with Crippen molar-refractivity contribution in [3.63, 3.8) is 0 Å². The number of aromatic amines is 1. The molecule has 6 nitrogen and oxygen atoms in total. The van der Waals surface area contributed by atoms with E-state index in [2.05, 4.69) is 15.3 Å². The molecule has 2 N–H and O–H groups in total. The highest BCUT2D eigenvalue weighted by atomic mass is 16.2. The van der Waals surface area contributed by atoms with Gasteiger partial charge in [-0.25, -0.2) is 4.98 Å². The van der Waals surface area contributed by atoms with Gasteiger partial charge in [-0.15, -0.1) is 0 Å². The quantitative estimate of drug-likeness (QED) is 0.712. The monoisotopic (exact) mass is 345 g/mol. The van der Waals surface area contributed by atoms with E-state index < -0.39 is 0 Å². The molecule has 0 aliphatic carbocycles. The van der Waals surface area contributed by atoms with Crippen LogP contribution in [-0.2, 0) is 17.7 Å². The maximum absolute atomic E-state index is 12.8. The number of amides is 1. The molecule has 0 atom stereocenters. The number of rotatable bonds is 3. The number of aromatic nitrogens is 2. The number of H-pyrrole nitrogens is 1. The molecule has 2 heterocycles. The zero-order valence-corrected chi connectivity index (χ0v) is 14.5. The molecule has 2 aromatic carbocycles. The zero-order valence-electron chi connectivity index (χ0n) is 14.5. The fourth-order valence-electron chi connectivity index (χ4n) is 3.14. The highest BCUT2D eigenvalue weighted by molar-refractivity contribution is 6.74. The third-order valence-corrected chi connectivity index (χ3v) is 4.53. The number of nitrogens with zero attached hydrogens (tertiary/aromatic N) is 2. The number of imidazole rings is 1. The molecule has 3 aromatic rings. The number of benzene rings is 2. The van der Waals surface area contributed by atoms with E-state index >= 15 is 0 Å². The first-order valence-corrected chi connectivity index (χ1v) is 8.52. The van der Waals surface area contributed by atoms with Crippen molar-refractivity contribution in [3.05, 3.63) is 59.4 Å². The van der Waals surface area contributed by atoms with Gasteiger partial charge in [0.2, 0.25) is 7.28 Å². The lowest BCUT2D eigenvalue weighted by molar-refractivity contribution is -0.110. The molecule has 129 valence electrons. The number of fused-ring (bicyclic) bond motifs is 2. The van der Waals surface area contributed by atoms with Crippen LogP contribution in [-0.4, -0.2) is 47.3 Å². The molecule has 1 aliphatic heterocycles. The third kappa shape index (κ3) is 3.20. The average Bonchev–Trinajstić information content (AvgIpc) is 2.96. The molecular formula is C19H18BN4O2. The molecule has 0 bridgehead atoms. The van der Waals surface area contributed by atoms with Gasteiger partial charge in [0.15, 0.2) is 0 Å². The van der Waals surface area contributed by atoms with Crippen molar-refractivity contribution < 1.29 is 9.59 Å². The fraction of sp³-hybridized carbons (Fsp3) is 0.211. The van der Waals surface area contributed by atoms with Crippen molar-refractivity contribution >= 4 is 35.6 Å². The normalized spacial score (nSPS) is 13.5. The molecule has 1 radical (unpaired) electrons. The first kappa shape index (κ1) is 16.4. The number of nitrogens with one attached hydrogen (secondary N) is 2. The summed E-state index contributed by atoms with van der Waals surface area (Å²) in [6, 6.07) is 13.3. The van der Waals surface area contributed by atoms with Crippen LogP contribution in [0, 0.1) is 0 Å². The molecule has 4 rings (SSSR count). The van der Waals surface area contributed by atoms with Gasteiger partial charge in [-0.2, -0.15) is 0 Å². The van der Waals surface area contributed by atoms with Crippen molar-refractivity contribution in [3.8, 4) is 0 Å². The molecule has 0 fully saturated rings. The zero-order chi connectivity index (χ0) is 18.1. The first-order valence-electron chi connectivity index (χ1n) is 8.52. The number of carbonyl (C=O) groups is 2. The van der Waals surface area contributed by atoms with Gasteiger partial charge in [0.1, 0.15) is 11.5 Å². The standard InChI is InChI=1S/C19H18BN4O2/c1-24(11-18-22-15-4-2-3-5-16(15)23-18)19(26)12-6-7-14-13(8-12)9-20-17(25)10-21-14/h2-8,21H,9-11H2,1H3,(H,22,23). The fourth-order valence-corrected chi connectivity index (χ4v) is 3.14. The van der Waals surface area contributed by atoms with Crippen LogP contribution in [0.5, 0.6) is 0 Å². The minimum Gasteiger partial charge on any atom is -0.379 e. The molecule has 7 heteroatoms. The van der Waals surface area contributed by atoms with Crippen molar-refractivity contribution in [2.45, 2.75) is 12.9 Å². The Labute approximate surface area is 151 Å². The number of hydrogen-bond acceptors (Lipinski definition) is 4. The summed E-state index contributed by atoms with van der Waals surface area (Å²) in [4.78, 5) is 33.7. The number of anilines is 1. The molecule has 0 unspecified atom stereocenters. The van der Waals surface area contributed by atoms with E-state index in [1.165, 1.54) is 0 Å². The van der Waals surface area contributed by atoms with Crippen LogP contribution >= 0.6 is 0 Å². The van der Waals surface area contributed by atoms with Gasteiger partial charge in [-0.1, -0.05) is 12.1 Å². The van der Waals surface area contributed by atoms with Gasteiger partial charge < -0.3 is 20.0 Å². The maximum atomic E-state index is 12.8. The van der Waals surface area contributed by atoms with E-state index in [4.69, 9.17) is 0 Å². The average molecular weight is 345 g/mol. The van der Waals surface area contributed by atoms with Crippen LogP contribution in [0.15, 0.2) is 42.5 Å². The summed E-state index contributed by atoms with van der Waals surface area (Å²) < 4.78 is 0. The summed E-state index contributed by atoms with van der Waals surface area (Å²) >= 11 is 0. The SMILES string of the molecule is CN(Cc1nc2ccccc2[nH]1)C(=O)c1ccc2c(c1)C[B]C(=O)CN2. The lowest BCUT2D eigenvalue weighted by Gasteiger charge is -2.17. The minimum absolute atomic E-state index is 0.0658. The van der Waals surface area contributed by atoms with Crippen molar-refractivity contribution in [2.24, 2.45) is 0 Å². The van der Waals surface area contributed by atoms with E-state index in [0.29, 0.717) is 25.0 Å². The van der Waals surface area contributed by atoms with E-state index in [0.717, 1.165) is 28.1 Å². The van der Waals surface area contributed by atoms with Crippen LogP contribution in [0.4, 0.5) is 5.69 Å². The molecule has 26 heavy (non-hydrogen) atoms. The van der Waals surface area contributed by atoms with E-state index in [9.17, 15) is 9.59 Å². The van der Waals surface area contributed by atoms with E-state index in [-0.39, 0.29) is 11.6 Å². The number of hydrogen-bond donors (Lipinski definition) is 2. The van der Waals surface area contributed by atoms with Crippen molar-refractivity contribution in [2.75, 3.05) is 18.9 Å². The lowest BCUT2D eigenvalue weighted by Crippen LogP contribution is -2.26. The number of carbonyl (C=O) groups excluding carboxylic acids is 2. The summed E-state index contributed by atoms with van der Waals surface area (Å²) in [5.74, 6) is 0.668.